The van der Waals surface area contributed by atoms with Crippen LogP contribution in [0, 0.1) is 17.3 Å². The van der Waals surface area contributed by atoms with E-state index in [2.05, 4.69) is 31.1 Å². The number of rotatable bonds is 4. The maximum absolute atomic E-state index is 13.5. The van der Waals surface area contributed by atoms with Crippen LogP contribution in [0.5, 0.6) is 0 Å². The molecule has 1 saturated carbocycles. The van der Waals surface area contributed by atoms with Crippen LogP contribution in [0.2, 0.25) is 0 Å². The summed E-state index contributed by atoms with van der Waals surface area (Å²) in [7, 11) is -1.94. The lowest BCUT2D eigenvalue weighted by atomic mass is 9.93. The lowest BCUT2D eigenvalue weighted by Gasteiger charge is -2.13. The van der Waals surface area contributed by atoms with E-state index in [9.17, 15) is 8.42 Å². The summed E-state index contributed by atoms with van der Waals surface area (Å²) in [6, 6.07) is 10.6. The van der Waals surface area contributed by atoms with Gasteiger partial charge in [0.15, 0.2) is 5.65 Å². The SMILES string of the molecule is Cn1cc(-c2cn(S(=O)(=O)c3ccccc3)c3ncc(C4=CCCC5C4C5(C)C)cc23)cn1. The Morgan fingerprint density at radius 3 is 2.58 bits per heavy atom. The zero-order valence-electron chi connectivity index (χ0n) is 18.9. The van der Waals surface area contributed by atoms with Gasteiger partial charge in [-0.2, -0.15) is 5.10 Å². The molecule has 0 N–H and O–H groups in total. The van der Waals surface area contributed by atoms with Gasteiger partial charge in [-0.1, -0.05) is 38.1 Å². The average molecular weight is 459 g/mol. The summed E-state index contributed by atoms with van der Waals surface area (Å²) in [5.41, 5.74) is 4.86. The standard InChI is InChI=1S/C26H26N4O2S/c1-26(2)23-11-7-10-20(24(23)26)17-12-21-22(18-14-28-29(3)15-18)16-30(25(21)27-13-17)33(31,32)19-8-5-4-6-9-19/h4-6,8-10,12-16,23-24H,7,11H2,1-3H3. The molecule has 6 rings (SSSR count). The molecule has 0 amide bonds. The molecule has 2 aliphatic carbocycles. The Morgan fingerprint density at radius 1 is 1.06 bits per heavy atom. The van der Waals surface area contributed by atoms with E-state index >= 15 is 0 Å². The third kappa shape index (κ3) is 3.02. The molecular formula is C26H26N4O2S. The van der Waals surface area contributed by atoms with Gasteiger partial charge < -0.3 is 0 Å². The van der Waals surface area contributed by atoms with Crippen LogP contribution in [0.4, 0.5) is 0 Å². The van der Waals surface area contributed by atoms with Crippen molar-refractivity contribution in [1.82, 2.24) is 18.7 Å². The van der Waals surface area contributed by atoms with Crippen LogP contribution in [-0.4, -0.2) is 27.2 Å². The van der Waals surface area contributed by atoms with Gasteiger partial charge in [0, 0.05) is 42.2 Å². The summed E-state index contributed by atoms with van der Waals surface area (Å²) < 4.78 is 30.1. The van der Waals surface area contributed by atoms with Gasteiger partial charge in [-0.3, -0.25) is 4.68 Å². The third-order valence-corrected chi connectivity index (χ3v) is 9.15. The largest absolute Gasteiger partial charge is 0.275 e. The quantitative estimate of drug-likeness (QED) is 0.425. The minimum Gasteiger partial charge on any atom is -0.275 e. The van der Waals surface area contributed by atoms with Gasteiger partial charge in [-0.25, -0.2) is 17.4 Å². The first-order valence-corrected chi connectivity index (χ1v) is 12.7. The molecule has 0 aliphatic heterocycles. The van der Waals surface area contributed by atoms with E-state index < -0.39 is 10.0 Å². The normalized spacial score (nSPS) is 21.6. The second kappa shape index (κ2) is 6.90. The molecule has 2 atom stereocenters. The molecule has 3 heterocycles. The highest BCUT2D eigenvalue weighted by Crippen LogP contribution is 2.67. The van der Waals surface area contributed by atoms with Crippen LogP contribution >= 0.6 is 0 Å². The number of fused-ring (bicyclic) bond motifs is 2. The molecule has 7 heteroatoms. The first-order chi connectivity index (χ1) is 15.8. The van der Waals surface area contributed by atoms with Crippen molar-refractivity contribution in [2.75, 3.05) is 0 Å². The van der Waals surface area contributed by atoms with E-state index in [0.717, 1.165) is 28.5 Å². The highest BCUT2D eigenvalue weighted by Gasteiger charge is 2.59. The Kier molecular flexibility index (Phi) is 4.27. The summed E-state index contributed by atoms with van der Waals surface area (Å²) in [5, 5.41) is 5.13. The van der Waals surface area contributed by atoms with Crippen LogP contribution in [0.3, 0.4) is 0 Å². The fraction of sp³-hybridized carbons (Fsp3) is 0.308. The average Bonchev–Trinajstić information content (AvgIpc) is 3.14. The van der Waals surface area contributed by atoms with E-state index in [0.29, 0.717) is 22.9 Å². The molecule has 4 aromatic rings. The lowest BCUT2D eigenvalue weighted by Crippen LogP contribution is -2.12. The van der Waals surface area contributed by atoms with Crippen molar-refractivity contribution >= 4 is 26.6 Å². The molecule has 0 radical (unpaired) electrons. The minimum absolute atomic E-state index is 0.239. The molecule has 1 fully saturated rings. The first kappa shape index (κ1) is 20.4. The molecule has 2 unspecified atom stereocenters. The Morgan fingerprint density at radius 2 is 1.85 bits per heavy atom. The summed E-state index contributed by atoms with van der Waals surface area (Å²) in [6.07, 6.45) is 11.9. The molecule has 0 bridgehead atoms. The molecule has 0 saturated heterocycles. The number of allylic oxidation sites excluding steroid dienone is 2. The molecule has 3 aromatic heterocycles. The number of nitrogens with zero attached hydrogens (tertiary/aromatic N) is 4. The maximum Gasteiger partial charge on any atom is 0.269 e. The van der Waals surface area contributed by atoms with Gasteiger partial charge in [0.25, 0.3) is 10.0 Å². The molecule has 33 heavy (non-hydrogen) atoms. The Hall–Kier alpha value is -3.19. The second-order valence-corrected chi connectivity index (χ2v) is 11.6. The van der Waals surface area contributed by atoms with Gasteiger partial charge in [0.1, 0.15) is 0 Å². The summed E-state index contributed by atoms with van der Waals surface area (Å²) >= 11 is 0. The predicted molar refractivity (Wildman–Crippen MR) is 129 cm³/mol. The Balaban J connectivity index is 1.56. The summed E-state index contributed by atoms with van der Waals surface area (Å²) in [4.78, 5) is 4.96. The van der Waals surface area contributed by atoms with E-state index in [1.54, 1.807) is 41.3 Å². The van der Waals surface area contributed by atoms with Gasteiger partial charge in [-0.15, -0.1) is 0 Å². The number of hydrogen-bond donors (Lipinski definition) is 0. The van der Waals surface area contributed by atoms with Crippen LogP contribution in [0.15, 0.2) is 72.2 Å². The molecule has 2 aliphatic rings. The van der Waals surface area contributed by atoms with Crippen molar-refractivity contribution in [3.05, 3.63) is 72.8 Å². The van der Waals surface area contributed by atoms with E-state index in [1.807, 2.05) is 25.5 Å². The van der Waals surface area contributed by atoms with Crippen molar-refractivity contribution in [3.8, 4) is 11.1 Å². The molecule has 168 valence electrons. The third-order valence-electron chi connectivity index (χ3n) is 7.49. The van der Waals surface area contributed by atoms with E-state index in [4.69, 9.17) is 4.98 Å². The summed E-state index contributed by atoms with van der Waals surface area (Å²) in [5.74, 6) is 1.26. The smallest absolute Gasteiger partial charge is 0.269 e. The first-order valence-electron chi connectivity index (χ1n) is 11.3. The fourth-order valence-electron chi connectivity index (χ4n) is 5.66. The number of benzene rings is 1. The van der Waals surface area contributed by atoms with Crippen molar-refractivity contribution in [2.45, 2.75) is 31.6 Å². The zero-order valence-corrected chi connectivity index (χ0v) is 19.7. The van der Waals surface area contributed by atoms with Crippen molar-refractivity contribution < 1.29 is 8.42 Å². The van der Waals surface area contributed by atoms with Gasteiger partial charge >= 0.3 is 0 Å². The van der Waals surface area contributed by atoms with Crippen LogP contribution in [-0.2, 0) is 17.1 Å². The summed E-state index contributed by atoms with van der Waals surface area (Å²) in [6.45, 7) is 4.69. The monoisotopic (exact) mass is 458 g/mol. The molecular weight excluding hydrogens is 432 g/mol. The topological polar surface area (TPSA) is 69.8 Å². The van der Waals surface area contributed by atoms with E-state index in [1.165, 1.54) is 16.0 Å². The van der Waals surface area contributed by atoms with Crippen LogP contribution in [0.25, 0.3) is 27.7 Å². The van der Waals surface area contributed by atoms with Gasteiger partial charge in [0.2, 0.25) is 0 Å². The highest BCUT2D eigenvalue weighted by atomic mass is 32.2. The number of aromatic nitrogens is 4. The molecule has 1 aromatic carbocycles. The second-order valence-electron chi connectivity index (χ2n) is 9.80. The van der Waals surface area contributed by atoms with Gasteiger partial charge in [0.05, 0.1) is 11.1 Å². The predicted octanol–water partition coefficient (Wildman–Crippen LogP) is 5.12. The van der Waals surface area contributed by atoms with Crippen LogP contribution < -0.4 is 0 Å². The Labute approximate surface area is 193 Å². The lowest BCUT2D eigenvalue weighted by molar-refractivity contribution is 0.536. The van der Waals surface area contributed by atoms with Crippen molar-refractivity contribution in [1.29, 1.82) is 0 Å². The maximum atomic E-state index is 13.5. The zero-order chi connectivity index (χ0) is 23.0. The van der Waals surface area contributed by atoms with E-state index in [-0.39, 0.29) is 4.90 Å². The van der Waals surface area contributed by atoms with Crippen molar-refractivity contribution in [3.63, 3.8) is 0 Å². The van der Waals surface area contributed by atoms with Crippen LogP contribution in [0.1, 0.15) is 32.3 Å². The molecule has 6 nitrogen and oxygen atoms in total. The van der Waals surface area contributed by atoms with Gasteiger partial charge in [-0.05, 0) is 59.4 Å². The highest BCUT2D eigenvalue weighted by molar-refractivity contribution is 7.90. The number of pyridine rings is 1. The Bertz CT molecular complexity index is 1530. The number of hydrogen-bond acceptors (Lipinski definition) is 4. The minimum atomic E-state index is -3.79. The number of aryl methyl sites for hydroxylation is 1. The van der Waals surface area contributed by atoms with Crippen molar-refractivity contribution in [2.24, 2.45) is 24.3 Å². The molecule has 0 spiro atoms. The fourth-order valence-corrected chi connectivity index (χ4v) is 7.01.